The molecule has 152 valence electrons. The highest BCUT2D eigenvalue weighted by Crippen LogP contribution is 2.33. The zero-order chi connectivity index (χ0) is 20.5. The van der Waals surface area contributed by atoms with E-state index in [1.54, 1.807) is 30.3 Å². The van der Waals surface area contributed by atoms with E-state index in [0.717, 1.165) is 25.8 Å². The number of halogens is 2. The highest BCUT2D eigenvalue weighted by molar-refractivity contribution is 6.36. The first-order valence-electron chi connectivity index (χ1n) is 9.95. The molecule has 6 heteroatoms. The molecule has 0 amide bonds. The number of hydrogen-bond acceptors (Lipinski definition) is 4. The van der Waals surface area contributed by atoms with Crippen LogP contribution in [0.2, 0.25) is 10.0 Å². The minimum Gasteiger partial charge on any atom is -0.507 e. The van der Waals surface area contributed by atoms with Crippen molar-refractivity contribution in [1.82, 2.24) is 4.90 Å². The normalized spacial score (nSPS) is 17.7. The predicted octanol–water partition coefficient (Wildman–Crippen LogP) is 6.24. The first-order valence-corrected chi connectivity index (χ1v) is 10.7. The number of likely N-dealkylation sites (tertiary alicyclic amines) is 1. The van der Waals surface area contributed by atoms with E-state index in [-0.39, 0.29) is 11.2 Å². The summed E-state index contributed by atoms with van der Waals surface area (Å²) in [4.78, 5) is 15.6. The van der Waals surface area contributed by atoms with Gasteiger partial charge in [-0.15, -0.1) is 0 Å². The van der Waals surface area contributed by atoms with Crippen LogP contribution < -0.4 is 5.43 Å². The number of nitrogens with zero attached hydrogens (tertiary/aromatic N) is 1. The molecule has 1 saturated heterocycles. The van der Waals surface area contributed by atoms with E-state index in [4.69, 9.17) is 27.6 Å². The Labute approximate surface area is 179 Å². The summed E-state index contributed by atoms with van der Waals surface area (Å²) in [5, 5.41) is 11.9. The summed E-state index contributed by atoms with van der Waals surface area (Å²) >= 11 is 12.3. The van der Waals surface area contributed by atoms with Gasteiger partial charge < -0.3 is 9.52 Å². The topological polar surface area (TPSA) is 53.7 Å². The fourth-order valence-electron chi connectivity index (χ4n) is 4.23. The van der Waals surface area contributed by atoms with E-state index in [1.807, 2.05) is 0 Å². The van der Waals surface area contributed by atoms with Gasteiger partial charge in [-0.25, -0.2) is 0 Å². The molecule has 0 aliphatic carbocycles. The van der Waals surface area contributed by atoms with E-state index >= 15 is 0 Å². The molecule has 1 aliphatic rings. The zero-order valence-corrected chi connectivity index (χ0v) is 17.8. The van der Waals surface area contributed by atoms with Gasteiger partial charge >= 0.3 is 0 Å². The molecule has 0 spiro atoms. The fourth-order valence-corrected chi connectivity index (χ4v) is 4.74. The number of benzene rings is 2. The molecular formula is C23H23Cl2NO3. The fraction of sp³-hybridized carbons (Fsp3) is 0.348. The average Bonchev–Trinajstić information content (AvgIpc) is 2.71. The SMILES string of the molecule is CC[C@H]1CCCCN1Cc1c(O)ccc2c(=O)c(-c3ccc(Cl)cc3Cl)coc12. The lowest BCUT2D eigenvalue weighted by Gasteiger charge is -2.35. The Morgan fingerprint density at radius 2 is 2.00 bits per heavy atom. The van der Waals surface area contributed by atoms with Gasteiger partial charge in [-0.3, -0.25) is 9.69 Å². The molecule has 2 heterocycles. The minimum atomic E-state index is -0.178. The van der Waals surface area contributed by atoms with Crippen molar-refractivity contribution in [3.8, 4) is 16.9 Å². The molecule has 0 radical (unpaired) electrons. The number of aromatic hydroxyl groups is 1. The lowest BCUT2D eigenvalue weighted by atomic mass is 9.98. The third-order valence-electron chi connectivity index (χ3n) is 5.82. The lowest BCUT2D eigenvalue weighted by molar-refractivity contribution is 0.135. The lowest BCUT2D eigenvalue weighted by Crippen LogP contribution is -2.38. The molecule has 2 aromatic carbocycles. The maximum absolute atomic E-state index is 13.2. The Bertz CT molecular complexity index is 1110. The van der Waals surface area contributed by atoms with Gasteiger partial charge in [0.1, 0.15) is 17.6 Å². The smallest absolute Gasteiger partial charge is 0.200 e. The Balaban J connectivity index is 1.80. The van der Waals surface area contributed by atoms with Crippen LogP contribution in [0.3, 0.4) is 0 Å². The standard InChI is InChI=1S/C23H23Cl2NO3/c1-2-15-5-3-4-10-26(15)12-18-21(27)9-8-17-22(28)19(13-29-23(17)18)16-7-6-14(24)11-20(16)25/h6-9,11,13,15,27H,2-5,10,12H2,1H3/t15-/m0/s1. The zero-order valence-electron chi connectivity index (χ0n) is 16.3. The summed E-state index contributed by atoms with van der Waals surface area (Å²) in [5.74, 6) is 0.151. The van der Waals surface area contributed by atoms with Gasteiger partial charge in [0.25, 0.3) is 0 Å². The van der Waals surface area contributed by atoms with Gasteiger partial charge in [0.05, 0.1) is 21.5 Å². The maximum atomic E-state index is 13.2. The molecule has 3 aromatic rings. The Morgan fingerprint density at radius 1 is 1.17 bits per heavy atom. The van der Waals surface area contributed by atoms with Crippen molar-refractivity contribution in [2.45, 2.75) is 45.2 Å². The van der Waals surface area contributed by atoms with Crippen molar-refractivity contribution in [1.29, 1.82) is 0 Å². The number of hydrogen-bond donors (Lipinski definition) is 1. The third-order valence-corrected chi connectivity index (χ3v) is 6.37. The average molecular weight is 432 g/mol. The molecule has 1 aliphatic heterocycles. The van der Waals surface area contributed by atoms with Gasteiger partial charge in [-0.05, 0) is 50.1 Å². The monoisotopic (exact) mass is 431 g/mol. The van der Waals surface area contributed by atoms with Crippen LogP contribution in [0.25, 0.3) is 22.1 Å². The third kappa shape index (κ3) is 3.89. The molecule has 0 saturated carbocycles. The maximum Gasteiger partial charge on any atom is 0.200 e. The molecule has 0 unspecified atom stereocenters. The van der Waals surface area contributed by atoms with Gasteiger partial charge in [0.15, 0.2) is 0 Å². The molecule has 1 aromatic heterocycles. The van der Waals surface area contributed by atoms with E-state index in [0.29, 0.717) is 50.3 Å². The van der Waals surface area contributed by atoms with Crippen molar-refractivity contribution in [2.24, 2.45) is 0 Å². The largest absolute Gasteiger partial charge is 0.507 e. The number of fused-ring (bicyclic) bond motifs is 1. The Morgan fingerprint density at radius 3 is 2.76 bits per heavy atom. The first-order chi connectivity index (χ1) is 14.0. The second kappa shape index (κ2) is 8.39. The summed E-state index contributed by atoms with van der Waals surface area (Å²) in [6.07, 6.45) is 6.03. The second-order valence-electron chi connectivity index (χ2n) is 7.57. The Kier molecular flexibility index (Phi) is 5.86. The predicted molar refractivity (Wildman–Crippen MR) is 118 cm³/mol. The Hall–Kier alpha value is -2.01. The van der Waals surface area contributed by atoms with Gasteiger partial charge in [0.2, 0.25) is 5.43 Å². The highest BCUT2D eigenvalue weighted by Gasteiger charge is 2.24. The second-order valence-corrected chi connectivity index (χ2v) is 8.41. The molecule has 29 heavy (non-hydrogen) atoms. The number of rotatable bonds is 4. The van der Waals surface area contributed by atoms with Crippen LogP contribution in [0, 0.1) is 0 Å². The van der Waals surface area contributed by atoms with Crippen LogP contribution in [-0.2, 0) is 6.54 Å². The molecule has 4 nitrogen and oxygen atoms in total. The van der Waals surface area contributed by atoms with Crippen molar-refractivity contribution in [2.75, 3.05) is 6.54 Å². The van der Waals surface area contributed by atoms with E-state index in [2.05, 4.69) is 11.8 Å². The molecule has 4 rings (SSSR count). The minimum absolute atomic E-state index is 0.151. The van der Waals surface area contributed by atoms with Crippen molar-refractivity contribution < 1.29 is 9.52 Å². The molecular weight excluding hydrogens is 409 g/mol. The summed E-state index contributed by atoms with van der Waals surface area (Å²) in [6, 6.07) is 8.68. The van der Waals surface area contributed by atoms with Crippen LogP contribution in [0.1, 0.15) is 38.2 Å². The summed E-state index contributed by atoms with van der Waals surface area (Å²) < 4.78 is 5.91. The number of phenols is 1. The van der Waals surface area contributed by atoms with Gasteiger partial charge in [0, 0.05) is 23.2 Å². The first kappa shape index (κ1) is 20.3. The summed E-state index contributed by atoms with van der Waals surface area (Å²) in [5.41, 5.74) is 1.86. The summed E-state index contributed by atoms with van der Waals surface area (Å²) in [7, 11) is 0. The van der Waals surface area contributed by atoms with Crippen LogP contribution >= 0.6 is 23.2 Å². The van der Waals surface area contributed by atoms with Gasteiger partial charge in [-0.1, -0.05) is 42.6 Å². The molecule has 1 atom stereocenters. The summed E-state index contributed by atoms with van der Waals surface area (Å²) in [6.45, 7) is 3.73. The van der Waals surface area contributed by atoms with Crippen LogP contribution in [0.4, 0.5) is 0 Å². The van der Waals surface area contributed by atoms with Crippen molar-refractivity contribution in [3.05, 3.63) is 62.4 Å². The highest BCUT2D eigenvalue weighted by atomic mass is 35.5. The van der Waals surface area contributed by atoms with E-state index < -0.39 is 0 Å². The van der Waals surface area contributed by atoms with Crippen LogP contribution in [0.15, 0.2) is 45.8 Å². The van der Waals surface area contributed by atoms with E-state index in [1.165, 1.54) is 12.7 Å². The molecule has 0 bridgehead atoms. The van der Waals surface area contributed by atoms with Gasteiger partial charge in [-0.2, -0.15) is 0 Å². The number of piperidine rings is 1. The van der Waals surface area contributed by atoms with Crippen LogP contribution in [-0.4, -0.2) is 22.6 Å². The van der Waals surface area contributed by atoms with Crippen molar-refractivity contribution >= 4 is 34.2 Å². The van der Waals surface area contributed by atoms with Crippen LogP contribution in [0.5, 0.6) is 5.75 Å². The molecule has 1 fully saturated rings. The number of phenolic OH excluding ortho intramolecular Hbond substituents is 1. The van der Waals surface area contributed by atoms with E-state index in [9.17, 15) is 9.90 Å². The molecule has 1 N–H and O–H groups in total. The quantitative estimate of drug-likeness (QED) is 0.531. The van der Waals surface area contributed by atoms with Crippen molar-refractivity contribution in [3.63, 3.8) is 0 Å².